The van der Waals surface area contributed by atoms with Gasteiger partial charge in [-0.1, -0.05) is 23.7 Å². The average molecular weight is 429 g/mol. The van der Waals surface area contributed by atoms with Gasteiger partial charge >= 0.3 is 0 Å². The Morgan fingerprint density at radius 2 is 1.66 bits per heavy atom. The fraction of sp³-hybridized carbons (Fsp3) is 0.250. The lowest BCUT2D eigenvalue weighted by atomic mass is 10.2. The Balaban J connectivity index is 1.89. The molecule has 0 N–H and O–H groups in total. The number of aromatic nitrogens is 2. The van der Waals surface area contributed by atoms with Gasteiger partial charge in [-0.15, -0.1) is 0 Å². The van der Waals surface area contributed by atoms with Gasteiger partial charge < -0.3 is 9.64 Å². The van der Waals surface area contributed by atoms with Crippen molar-refractivity contribution in [1.29, 1.82) is 5.26 Å². The van der Waals surface area contributed by atoms with E-state index in [9.17, 15) is 13.7 Å². The van der Waals surface area contributed by atoms with Crippen LogP contribution in [-0.4, -0.2) is 44.7 Å². The van der Waals surface area contributed by atoms with E-state index in [0.717, 1.165) is 0 Å². The number of sulfone groups is 1. The van der Waals surface area contributed by atoms with Crippen molar-refractivity contribution in [2.24, 2.45) is 0 Å². The Bertz CT molecular complexity index is 1190. The Labute approximate surface area is 173 Å². The Hall–Kier alpha value is -2.73. The molecule has 0 amide bonds. The van der Waals surface area contributed by atoms with E-state index in [2.05, 4.69) is 9.97 Å². The maximum Gasteiger partial charge on any atom is 0.200 e. The molecule has 0 aliphatic carbocycles. The lowest BCUT2D eigenvalue weighted by Crippen LogP contribution is -2.38. The third-order valence-electron chi connectivity index (χ3n) is 4.71. The summed E-state index contributed by atoms with van der Waals surface area (Å²) in [5, 5.41) is 8.77. The van der Waals surface area contributed by atoms with E-state index in [-0.39, 0.29) is 10.6 Å². The number of hydrogen-bond acceptors (Lipinski definition) is 7. The highest BCUT2D eigenvalue weighted by Gasteiger charge is 2.35. The molecule has 4 rings (SSSR count). The van der Waals surface area contributed by atoms with Gasteiger partial charge in [-0.05, 0) is 36.4 Å². The molecule has 2 heterocycles. The largest absolute Gasteiger partial charge is 0.378 e. The second kappa shape index (κ2) is 7.95. The molecule has 7 nitrogen and oxygen atoms in total. The first-order chi connectivity index (χ1) is 14.0. The monoisotopic (exact) mass is 428 g/mol. The number of ether oxygens (including phenoxy) is 1. The SMILES string of the molecule is N#C[C@@H](c1nc2ccccc2nc1N1CCOCC1)S(=O)(=O)c1ccc(Cl)cc1. The van der Waals surface area contributed by atoms with E-state index in [1.165, 1.54) is 24.3 Å². The number of morpholine rings is 1. The van der Waals surface area contributed by atoms with Crippen LogP contribution in [0.3, 0.4) is 0 Å². The zero-order valence-electron chi connectivity index (χ0n) is 15.3. The number of hydrogen-bond donors (Lipinski definition) is 0. The molecule has 1 aromatic heterocycles. The number of para-hydroxylation sites is 2. The summed E-state index contributed by atoms with van der Waals surface area (Å²) in [4.78, 5) is 11.1. The third-order valence-corrected chi connectivity index (χ3v) is 6.84. The van der Waals surface area contributed by atoms with Crippen molar-refractivity contribution in [2.75, 3.05) is 31.2 Å². The molecule has 29 heavy (non-hydrogen) atoms. The van der Waals surface area contributed by atoms with E-state index in [1.54, 1.807) is 12.1 Å². The lowest BCUT2D eigenvalue weighted by Gasteiger charge is -2.30. The first-order valence-corrected chi connectivity index (χ1v) is 10.9. The molecule has 0 saturated carbocycles. The zero-order valence-corrected chi connectivity index (χ0v) is 16.9. The summed E-state index contributed by atoms with van der Waals surface area (Å²) in [6, 6.07) is 14.9. The molecule has 0 spiro atoms. The summed E-state index contributed by atoms with van der Waals surface area (Å²) in [7, 11) is -4.03. The van der Waals surface area contributed by atoms with Gasteiger partial charge in [0.25, 0.3) is 0 Å². The van der Waals surface area contributed by atoms with Gasteiger partial charge in [0.05, 0.1) is 35.2 Å². The molecule has 148 valence electrons. The highest BCUT2D eigenvalue weighted by molar-refractivity contribution is 7.92. The van der Waals surface area contributed by atoms with Crippen LogP contribution in [0.15, 0.2) is 53.4 Å². The van der Waals surface area contributed by atoms with Crippen molar-refractivity contribution in [2.45, 2.75) is 10.1 Å². The standard InChI is InChI=1S/C20H17ClN4O3S/c21-14-5-7-15(8-6-14)29(26,27)18(13-22)19-20(25-9-11-28-12-10-25)24-17-4-2-1-3-16(17)23-19/h1-8,18H,9-12H2/t18-/m0/s1. The van der Waals surface area contributed by atoms with Crippen molar-refractivity contribution in [1.82, 2.24) is 9.97 Å². The van der Waals surface area contributed by atoms with Crippen molar-refractivity contribution >= 4 is 38.3 Å². The van der Waals surface area contributed by atoms with E-state index in [1.807, 2.05) is 23.1 Å². The van der Waals surface area contributed by atoms with E-state index in [0.29, 0.717) is 48.2 Å². The molecule has 3 aromatic rings. The highest BCUT2D eigenvalue weighted by atomic mass is 35.5. The number of nitriles is 1. The van der Waals surface area contributed by atoms with Crippen LogP contribution in [0.1, 0.15) is 10.9 Å². The second-order valence-electron chi connectivity index (χ2n) is 6.53. The first-order valence-electron chi connectivity index (χ1n) is 8.99. The van der Waals surface area contributed by atoms with Gasteiger partial charge in [0.15, 0.2) is 11.1 Å². The minimum Gasteiger partial charge on any atom is -0.378 e. The van der Waals surface area contributed by atoms with Gasteiger partial charge in [-0.3, -0.25) is 0 Å². The van der Waals surface area contributed by atoms with Gasteiger partial charge in [0.1, 0.15) is 5.69 Å². The molecule has 0 unspecified atom stereocenters. The predicted molar refractivity (Wildman–Crippen MR) is 110 cm³/mol. The molecule has 1 fully saturated rings. The summed E-state index contributed by atoms with van der Waals surface area (Å²) in [5.74, 6) is 0.399. The molecule has 0 bridgehead atoms. The maximum atomic E-state index is 13.3. The summed E-state index contributed by atoms with van der Waals surface area (Å²) < 4.78 is 31.9. The van der Waals surface area contributed by atoms with Gasteiger partial charge in [0.2, 0.25) is 9.84 Å². The van der Waals surface area contributed by atoms with Gasteiger partial charge in [-0.2, -0.15) is 5.26 Å². The van der Waals surface area contributed by atoms with Crippen LogP contribution in [0, 0.1) is 11.3 Å². The highest BCUT2D eigenvalue weighted by Crippen LogP contribution is 2.34. The van der Waals surface area contributed by atoms with E-state index in [4.69, 9.17) is 16.3 Å². The molecule has 1 aliphatic heterocycles. The maximum absolute atomic E-state index is 13.3. The zero-order chi connectivity index (χ0) is 20.4. The molecule has 2 aromatic carbocycles. The molecule has 1 atom stereocenters. The van der Waals surface area contributed by atoms with Crippen LogP contribution in [0.5, 0.6) is 0 Å². The number of fused-ring (bicyclic) bond motifs is 1. The molecular formula is C20H17ClN4O3S. The molecular weight excluding hydrogens is 412 g/mol. The lowest BCUT2D eigenvalue weighted by molar-refractivity contribution is 0.122. The molecule has 1 saturated heterocycles. The average Bonchev–Trinajstić information content (AvgIpc) is 2.74. The number of nitrogens with zero attached hydrogens (tertiary/aromatic N) is 4. The van der Waals surface area contributed by atoms with Crippen LogP contribution in [0.4, 0.5) is 5.82 Å². The minimum atomic E-state index is -4.03. The smallest absolute Gasteiger partial charge is 0.200 e. The third kappa shape index (κ3) is 3.77. The number of anilines is 1. The Morgan fingerprint density at radius 1 is 1.03 bits per heavy atom. The fourth-order valence-electron chi connectivity index (χ4n) is 3.23. The van der Waals surface area contributed by atoms with Crippen LogP contribution >= 0.6 is 11.6 Å². The normalized spacial score (nSPS) is 15.8. The number of benzene rings is 2. The van der Waals surface area contributed by atoms with Crippen molar-refractivity contribution in [3.8, 4) is 6.07 Å². The van der Waals surface area contributed by atoms with Gasteiger partial charge in [-0.25, -0.2) is 18.4 Å². The van der Waals surface area contributed by atoms with Crippen LogP contribution < -0.4 is 4.90 Å². The fourth-order valence-corrected chi connectivity index (χ4v) is 4.73. The first kappa shape index (κ1) is 19.6. The molecule has 9 heteroatoms. The minimum absolute atomic E-state index is 0.0105. The van der Waals surface area contributed by atoms with Crippen molar-refractivity contribution in [3.63, 3.8) is 0 Å². The van der Waals surface area contributed by atoms with Crippen LogP contribution in [0.2, 0.25) is 5.02 Å². The summed E-state index contributed by atoms with van der Waals surface area (Å²) >= 11 is 5.88. The summed E-state index contributed by atoms with van der Waals surface area (Å²) in [6.07, 6.45) is 0. The summed E-state index contributed by atoms with van der Waals surface area (Å²) in [6.45, 7) is 2.07. The van der Waals surface area contributed by atoms with Crippen LogP contribution in [-0.2, 0) is 14.6 Å². The Morgan fingerprint density at radius 3 is 2.28 bits per heavy atom. The predicted octanol–water partition coefficient (Wildman–Crippen LogP) is 3.16. The van der Waals surface area contributed by atoms with E-state index < -0.39 is 15.1 Å². The molecule has 0 radical (unpaired) electrons. The van der Waals surface area contributed by atoms with Crippen molar-refractivity contribution < 1.29 is 13.2 Å². The topological polar surface area (TPSA) is 96.2 Å². The number of halogens is 1. The second-order valence-corrected chi connectivity index (χ2v) is 9.00. The quantitative estimate of drug-likeness (QED) is 0.629. The van der Waals surface area contributed by atoms with Crippen LogP contribution in [0.25, 0.3) is 11.0 Å². The van der Waals surface area contributed by atoms with Gasteiger partial charge in [0, 0.05) is 18.1 Å². The van der Waals surface area contributed by atoms with Crippen molar-refractivity contribution in [3.05, 3.63) is 59.2 Å². The molecule has 1 aliphatic rings. The van der Waals surface area contributed by atoms with E-state index >= 15 is 0 Å². The Kier molecular flexibility index (Phi) is 5.37. The summed E-state index contributed by atoms with van der Waals surface area (Å²) in [5.41, 5.74) is 1.30. The number of rotatable bonds is 4.